The summed E-state index contributed by atoms with van der Waals surface area (Å²) < 4.78 is 4.82. The number of fused-ring (bicyclic) bond motifs is 1. The molecule has 1 aromatic carbocycles. The van der Waals surface area contributed by atoms with Gasteiger partial charge in [0, 0.05) is 26.8 Å². The molecule has 0 saturated heterocycles. The highest BCUT2D eigenvalue weighted by Crippen LogP contribution is 2.31. The van der Waals surface area contributed by atoms with Crippen molar-refractivity contribution in [3.63, 3.8) is 0 Å². The Bertz CT molecular complexity index is 1050. The molecule has 4 rings (SSSR count). The summed E-state index contributed by atoms with van der Waals surface area (Å²) in [6.07, 6.45) is 3.27. The monoisotopic (exact) mass is 376 g/mol. The van der Waals surface area contributed by atoms with Gasteiger partial charge in [0.05, 0.1) is 11.7 Å². The van der Waals surface area contributed by atoms with E-state index in [1.807, 2.05) is 48.2 Å². The van der Waals surface area contributed by atoms with Crippen LogP contribution in [0, 0.1) is 0 Å². The standard InChI is InChI=1S/C19H20N8O/c1-13(15-9-10-20-12-21-15)27(3)19-18(22-16-17(23-19)25-28-24-16)26(2)11-14-7-5-4-6-8-14/h4-10,12-13H,11H2,1-3H3. The average molecular weight is 376 g/mol. The van der Waals surface area contributed by atoms with Gasteiger partial charge in [-0.1, -0.05) is 30.3 Å². The van der Waals surface area contributed by atoms with Crippen LogP contribution in [0.5, 0.6) is 0 Å². The Labute approximate surface area is 162 Å². The Morgan fingerprint density at radius 2 is 1.68 bits per heavy atom. The molecule has 142 valence electrons. The number of benzene rings is 1. The Morgan fingerprint density at radius 1 is 0.964 bits per heavy atom. The Morgan fingerprint density at radius 3 is 2.36 bits per heavy atom. The summed E-state index contributed by atoms with van der Waals surface area (Å²) in [7, 11) is 3.93. The summed E-state index contributed by atoms with van der Waals surface area (Å²) in [4.78, 5) is 21.7. The van der Waals surface area contributed by atoms with E-state index in [1.54, 1.807) is 12.5 Å². The predicted molar refractivity (Wildman–Crippen MR) is 105 cm³/mol. The van der Waals surface area contributed by atoms with Crippen molar-refractivity contribution in [1.82, 2.24) is 30.2 Å². The number of anilines is 2. The highest BCUT2D eigenvalue weighted by atomic mass is 16.6. The second-order valence-corrected chi connectivity index (χ2v) is 6.55. The van der Waals surface area contributed by atoms with Gasteiger partial charge in [-0.15, -0.1) is 0 Å². The molecule has 1 unspecified atom stereocenters. The van der Waals surface area contributed by atoms with E-state index in [2.05, 4.69) is 49.3 Å². The third-order valence-corrected chi connectivity index (χ3v) is 4.65. The number of nitrogens with zero attached hydrogens (tertiary/aromatic N) is 8. The molecule has 0 bridgehead atoms. The second kappa shape index (κ2) is 7.55. The minimum atomic E-state index is -0.0431. The van der Waals surface area contributed by atoms with Gasteiger partial charge in [-0.05, 0) is 28.9 Å². The van der Waals surface area contributed by atoms with Crippen molar-refractivity contribution in [1.29, 1.82) is 0 Å². The van der Waals surface area contributed by atoms with Gasteiger partial charge >= 0.3 is 0 Å². The van der Waals surface area contributed by atoms with Crippen molar-refractivity contribution >= 4 is 22.9 Å². The van der Waals surface area contributed by atoms with Gasteiger partial charge in [0.2, 0.25) is 11.3 Å². The fraction of sp³-hybridized carbons (Fsp3) is 0.263. The highest BCUT2D eigenvalue weighted by Gasteiger charge is 2.23. The lowest BCUT2D eigenvalue weighted by Crippen LogP contribution is -2.28. The molecule has 9 heteroatoms. The number of aromatic nitrogens is 6. The molecule has 0 fully saturated rings. The van der Waals surface area contributed by atoms with Crippen molar-refractivity contribution in [3.8, 4) is 0 Å². The van der Waals surface area contributed by atoms with E-state index in [0.717, 1.165) is 5.69 Å². The van der Waals surface area contributed by atoms with Crippen LogP contribution in [0.15, 0.2) is 53.6 Å². The molecule has 28 heavy (non-hydrogen) atoms. The van der Waals surface area contributed by atoms with Gasteiger partial charge in [0.15, 0.2) is 11.6 Å². The van der Waals surface area contributed by atoms with E-state index >= 15 is 0 Å². The molecule has 9 nitrogen and oxygen atoms in total. The first-order chi connectivity index (χ1) is 13.6. The summed E-state index contributed by atoms with van der Waals surface area (Å²) in [6.45, 7) is 2.73. The third-order valence-electron chi connectivity index (χ3n) is 4.65. The van der Waals surface area contributed by atoms with Crippen LogP contribution in [0.2, 0.25) is 0 Å². The zero-order valence-corrected chi connectivity index (χ0v) is 15.9. The second-order valence-electron chi connectivity index (χ2n) is 6.55. The zero-order valence-electron chi connectivity index (χ0n) is 15.9. The molecule has 0 saturated carbocycles. The van der Waals surface area contributed by atoms with Gasteiger partial charge in [0.1, 0.15) is 6.33 Å². The molecule has 0 aliphatic heterocycles. The number of rotatable bonds is 6. The summed E-state index contributed by atoms with van der Waals surface area (Å²) in [5, 5.41) is 7.69. The summed E-state index contributed by atoms with van der Waals surface area (Å²) >= 11 is 0. The fourth-order valence-corrected chi connectivity index (χ4v) is 2.98. The van der Waals surface area contributed by atoms with Crippen molar-refractivity contribution in [2.45, 2.75) is 19.5 Å². The quantitative estimate of drug-likeness (QED) is 0.503. The minimum Gasteiger partial charge on any atom is -0.352 e. The molecule has 0 radical (unpaired) electrons. The maximum atomic E-state index is 4.82. The predicted octanol–water partition coefficient (Wildman–Crippen LogP) is 2.64. The Kier molecular flexibility index (Phi) is 4.79. The van der Waals surface area contributed by atoms with E-state index in [4.69, 9.17) is 4.63 Å². The van der Waals surface area contributed by atoms with E-state index in [9.17, 15) is 0 Å². The van der Waals surface area contributed by atoms with Crippen LogP contribution in [-0.2, 0) is 6.54 Å². The average Bonchev–Trinajstić information content (AvgIpc) is 3.20. The largest absolute Gasteiger partial charge is 0.352 e. The highest BCUT2D eigenvalue weighted by molar-refractivity contribution is 5.74. The molecule has 1 atom stereocenters. The van der Waals surface area contributed by atoms with Gasteiger partial charge in [-0.2, -0.15) is 0 Å². The fourth-order valence-electron chi connectivity index (χ4n) is 2.98. The normalized spacial score (nSPS) is 12.1. The van der Waals surface area contributed by atoms with Gasteiger partial charge in [-0.3, -0.25) is 0 Å². The first kappa shape index (κ1) is 17.8. The van der Waals surface area contributed by atoms with Gasteiger partial charge in [-0.25, -0.2) is 24.6 Å². The van der Waals surface area contributed by atoms with Crippen LogP contribution < -0.4 is 9.80 Å². The van der Waals surface area contributed by atoms with E-state index in [1.165, 1.54) is 5.56 Å². The molecular formula is C19H20N8O. The van der Waals surface area contributed by atoms with Gasteiger partial charge < -0.3 is 9.80 Å². The van der Waals surface area contributed by atoms with Crippen molar-refractivity contribution in [2.24, 2.45) is 0 Å². The maximum Gasteiger partial charge on any atom is 0.245 e. The number of hydrogen-bond donors (Lipinski definition) is 0. The van der Waals surface area contributed by atoms with Crippen LogP contribution in [-0.4, -0.2) is 44.3 Å². The molecule has 3 aromatic heterocycles. The molecule has 3 heterocycles. The lowest BCUT2D eigenvalue weighted by Gasteiger charge is -2.29. The van der Waals surface area contributed by atoms with E-state index < -0.39 is 0 Å². The molecule has 0 N–H and O–H groups in total. The molecule has 4 aromatic rings. The SMILES string of the molecule is CC(c1ccncn1)N(C)c1nc2nonc2nc1N(C)Cc1ccccc1. The summed E-state index contributed by atoms with van der Waals surface area (Å²) in [5.41, 5.74) is 2.80. The van der Waals surface area contributed by atoms with Crippen LogP contribution >= 0.6 is 0 Å². The van der Waals surface area contributed by atoms with Crippen LogP contribution in [0.25, 0.3) is 11.3 Å². The molecule has 0 spiro atoms. The first-order valence-electron chi connectivity index (χ1n) is 8.87. The lowest BCUT2D eigenvalue weighted by atomic mass is 10.2. The Hall–Kier alpha value is -3.62. The van der Waals surface area contributed by atoms with Crippen molar-refractivity contribution < 1.29 is 4.63 Å². The maximum absolute atomic E-state index is 4.82. The summed E-state index contributed by atoms with van der Waals surface area (Å²) in [6, 6.07) is 12.0. The third kappa shape index (κ3) is 3.46. The van der Waals surface area contributed by atoms with Crippen molar-refractivity contribution in [3.05, 3.63) is 60.2 Å². The van der Waals surface area contributed by atoms with Gasteiger partial charge in [0.25, 0.3) is 0 Å². The molecule has 0 amide bonds. The minimum absolute atomic E-state index is 0.0431. The molecule has 0 aliphatic rings. The van der Waals surface area contributed by atoms with E-state index in [-0.39, 0.29) is 6.04 Å². The molecular weight excluding hydrogens is 356 g/mol. The topological polar surface area (TPSA) is 97.0 Å². The number of hydrogen-bond acceptors (Lipinski definition) is 9. The van der Waals surface area contributed by atoms with Crippen LogP contribution in [0.1, 0.15) is 24.2 Å². The lowest BCUT2D eigenvalue weighted by molar-refractivity contribution is 0.314. The zero-order chi connectivity index (χ0) is 19.5. The van der Waals surface area contributed by atoms with E-state index in [0.29, 0.717) is 29.5 Å². The smallest absolute Gasteiger partial charge is 0.245 e. The van der Waals surface area contributed by atoms with Crippen LogP contribution in [0.4, 0.5) is 11.6 Å². The van der Waals surface area contributed by atoms with Crippen LogP contribution in [0.3, 0.4) is 0 Å². The summed E-state index contributed by atoms with van der Waals surface area (Å²) in [5.74, 6) is 1.36. The first-order valence-corrected chi connectivity index (χ1v) is 8.87. The Balaban J connectivity index is 1.72. The van der Waals surface area contributed by atoms with Crippen molar-refractivity contribution in [2.75, 3.05) is 23.9 Å². The molecule has 0 aliphatic carbocycles.